The van der Waals surface area contributed by atoms with Gasteiger partial charge in [-0.2, -0.15) is 0 Å². The fraction of sp³-hybridized carbons (Fsp3) is 0.321. The first-order chi connectivity index (χ1) is 14.1. The Balaban J connectivity index is 1.96. The Hall–Kier alpha value is -2.87. The molecule has 1 fully saturated rings. The summed E-state index contributed by atoms with van der Waals surface area (Å²) in [5.41, 5.74) is 8.47. The van der Waals surface area contributed by atoms with Crippen LogP contribution in [0.1, 0.15) is 52.7 Å². The van der Waals surface area contributed by atoms with E-state index < -0.39 is 0 Å². The lowest BCUT2D eigenvalue weighted by molar-refractivity contribution is -0.109. The van der Waals surface area contributed by atoms with Crippen LogP contribution in [0.15, 0.2) is 66.7 Å². The summed E-state index contributed by atoms with van der Waals surface area (Å²) in [5.74, 6) is 0.186. The number of carbonyl (C=O) groups excluding carboxylic acids is 1. The van der Waals surface area contributed by atoms with Crippen molar-refractivity contribution in [1.82, 2.24) is 0 Å². The van der Waals surface area contributed by atoms with Crippen LogP contribution in [0.4, 0.5) is 5.69 Å². The molecule has 0 bridgehead atoms. The van der Waals surface area contributed by atoms with Crippen LogP contribution in [-0.2, 0) is 15.6 Å². The first-order valence-corrected chi connectivity index (χ1v) is 10.7. The van der Waals surface area contributed by atoms with E-state index in [1.807, 2.05) is 4.90 Å². The van der Waals surface area contributed by atoms with E-state index in [0.717, 1.165) is 16.8 Å². The molecule has 30 heavy (non-hydrogen) atoms. The fourth-order valence-electron chi connectivity index (χ4n) is 4.19. The molecule has 0 radical (unpaired) electrons. The second-order valence-corrected chi connectivity index (χ2v) is 10.3. The maximum Gasteiger partial charge on any atom is 0.247 e. The molecule has 3 aromatic carbocycles. The van der Waals surface area contributed by atoms with Crippen LogP contribution in [0.25, 0.3) is 22.3 Å². The molecule has 0 aromatic heterocycles. The number of anilines is 1. The van der Waals surface area contributed by atoms with Gasteiger partial charge < -0.3 is 4.90 Å². The minimum atomic E-state index is 0.0335. The zero-order chi connectivity index (χ0) is 21.7. The number of carbonyl (C=O) groups is 1. The lowest BCUT2D eigenvalue weighted by Crippen LogP contribution is -2.13. The molecular weight excluding hydrogens is 366 g/mol. The number of hydrogen-bond donors (Lipinski definition) is 0. The molecular formula is C28H31NO. The van der Waals surface area contributed by atoms with E-state index in [-0.39, 0.29) is 16.7 Å². The van der Waals surface area contributed by atoms with Crippen LogP contribution in [-0.4, -0.2) is 12.5 Å². The van der Waals surface area contributed by atoms with Crippen molar-refractivity contribution >= 4 is 11.6 Å². The Bertz CT molecular complexity index is 1040. The summed E-state index contributed by atoms with van der Waals surface area (Å²) in [5, 5.41) is 0. The van der Waals surface area contributed by atoms with Crippen molar-refractivity contribution in [3.63, 3.8) is 0 Å². The van der Waals surface area contributed by atoms with E-state index in [4.69, 9.17) is 0 Å². The third-order valence-electron chi connectivity index (χ3n) is 5.81. The highest BCUT2D eigenvalue weighted by atomic mass is 16.2. The summed E-state index contributed by atoms with van der Waals surface area (Å²) < 4.78 is 0. The molecule has 0 spiro atoms. The molecule has 2 nitrogen and oxygen atoms in total. The van der Waals surface area contributed by atoms with Crippen LogP contribution in [0.5, 0.6) is 0 Å². The first-order valence-electron chi connectivity index (χ1n) is 10.7. The summed E-state index contributed by atoms with van der Waals surface area (Å²) in [4.78, 5) is 13.8. The Labute approximate surface area is 180 Å². The van der Waals surface area contributed by atoms with Crippen molar-refractivity contribution in [2.24, 2.45) is 0 Å². The van der Waals surface area contributed by atoms with E-state index in [9.17, 15) is 4.79 Å². The number of benzene rings is 3. The molecule has 1 heterocycles. The minimum absolute atomic E-state index is 0.0335. The van der Waals surface area contributed by atoms with E-state index in [0.29, 0.717) is 6.54 Å². The Morgan fingerprint density at radius 3 is 1.43 bits per heavy atom. The van der Waals surface area contributed by atoms with Gasteiger partial charge in [-0.05, 0) is 62.4 Å². The largest absolute Gasteiger partial charge is 0.301 e. The minimum Gasteiger partial charge on any atom is -0.301 e. The molecule has 0 aliphatic carbocycles. The van der Waals surface area contributed by atoms with Gasteiger partial charge in [0.15, 0.2) is 0 Å². The first kappa shape index (κ1) is 20.4. The number of hydrogen-bond acceptors (Lipinski definition) is 1. The van der Waals surface area contributed by atoms with Crippen LogP contribution in [0, 0.1) is 0 Å². The summed E-state index contributed by atoms with van der Waals surface area (Å²) in [7, 11) is 0. The molecule has 1 aliphatic heterocycles. The molecule has 0 unspecified atom stereocenters. The molecule has 0 atom stereocenters. The van der Waals surface area contributed by atoms with Crippen molar-refractivity contribution in [2.45, 2.75) is 52.4 Å². The quantitative estimate of drug-likeness (QED) is 0.437. The summed E-state index contributed by atoms with van der Waals surface area (Å²) in [6.07, 6.45) is 0. The highest BCUT2D eigenvalue weighted by Crippen LogP contribution is 2.40. The average molecular weight is 398 g/mol. The van der Waals surface area contributed by atoms with Crippen molar-refractivity contribution in [3.8, 4) is 22.3 Å². The highest BCUT2D eigenvalue weighted by Gasteiger charge is 2.32. The van der Waals surface area contributed by atoms with Crippen molar-refractivity contribution in [2.75, 3.05) is 11.4 Å². The van der Waals surface area contributed by atoms with Gasteiger partial charge in [0, 0.05) is 5.69 Å². The Morgan fingerprint density at radius 1 is 0.667 bits per heavy atom. The highest BCUT2D eigenvalue weighted by molar-refractivity contribution is 6.12. The SMILES string of the molecule is CC(C)(C)c1ccccc1-c1cc(-c2ccccc2C(C)(C)C)cc(N2CC2=O)c1. The van der Waals surface area contributed by atoms with Gasteiger partial charge in [0.2, 0.25) is 5.91 Å². The second kappa shape index (κ2) is 7.12. The third-order valence-corrected chi connectivity index (χ3v) is 5.81. The Kier molecular flexibility index (Phi) is 4.85. The zero-order valence-electron chi connectivity index (χ0n) is 18.9. The van der Waals surface area contributed by atoms with Gasteiger partial charge in [-0.15, -0.1) is 0 Å². The van der Waals surface area contributed by atoms with Gasteiger partial charge in [0.25, 0.3) is 0 Å². The molecule has 4 rings (SSSR count). The van der Waals surface area contributed by atoms with Crippen LogP contribution >= 0.6 is 0 Å². The van der Waals surface area contributed by atoms with Gasteiger partial charge in [0.05, 0.1) is 0 Å². The van der Waals surface area contributed by atoms with Crippen LogP contribution in [0.3, 0.4) is 0 Å². The normalized spacial score (nSPS) is 14.2. The van der Waals surface area contributed by atoms with Gasteiger partial charge >= 0.3 is 0 Å². The second-order valence-electron chi connectivity index (χ2n) is 10.3. The summed E-state index contributed by atoms with van der Waals surface area (Å²) in [6.45, 7) is 14.0. The molecule has 2 heteroatoms. The predicted molar refractivity (Wildman–Crippen MR) is 127 cm³/mol. The topological polar surface area (TPSA) is 20.1 Å². The van der Waals surface area contributed by atoms with Crippen molar-refractivity contribution < 1.29 is 4.79 Å². The number of rotatable bonds is 3. The lowest BCUT2D eigenvalue weighted by Gasteiger charge is -2.25. The van der Waals surface area contributed by atoms with Crippen LogP contribution < -0.4 is 4.90 Å². The maximum atomic E-state index is 12.0. The van der Waals surface area contributed by atoms with E-state index in [2.05, 4.69) is 108 Å². The van der Waals surface area contributed by atoms with Gasteiger partial charge in [-0.3, -0.25) is 4.79 Å². The standard InChI is InChI=1S/C28H31NO/c1-27(2,3)24-13-9-7-11-22(24)19-15-20(17-21(16-19)29-18-26(29)30)23-12-8-10-14-25(23)28(4,5)6/h7-17H,18H2,1-6H3. The van der Waals surface area contributed by atoms with E-state index >= 15 is 0 Å². The molecule has 1 saturated heterocycles. The summed E-state index contributed by atoms with van der Waals surface area (Å²) >= 11 is 0. The predicted octanol–water partition coefficient (Wildman–Crippen LogP) is 6.96. The molecule has 1 aliphatic rings. The van der Waals surface area contributed by atoms with Crippen molar-refractivity contribution in [1.29, 1.82) is 0 Å². The van der Waals surface area contributed by atoms with Gasteiger partial charge in [0.1, 0.15) is 6.54 Å². The summed E-state index contributed by atoms with van der Waals surface area (Å²) in [6, 6.07) is 23.9. The molecule has 0 N–H and O–H groups in total. The van der Waals surface area contributed by atoms with Gasteiger partial charge in [-0.1, -0.05) is 90.1 Å². The molecule has 3 aromatic rings. The third kappa shape index (κ3) is 3.92. The molecule has 1 amide bonds. The monoisotopic (exact) mass is 397 g/mol. The van der Waals surface area contributed by atoms with Gasteiger partial charge in [-0.25, -0.2) is 0 Å². The van der Waals surface area contributed by atoms with E-state index in [1.54, 1.807) is 0 Å². The zero-order valence-corrected chi connectivity index (χ0v) is 18.9. The van der Waals surface area contributed by atoms with E-state index in [1.165, 1.54) is 22.3 Å². The molecule has 154 valence electrons. The average Bonchev–Trinajstić information content (AvgIpc) is 3.43. The number of nitrogens with zero attached hydrogens (tertiary/aromatic N) is 1. The number of amides is 1. The Morgan fingerprint density at radius 2 is 1.07 bits per heavy atom. The smallest absolute Gasteiger partial charge is 0.247 e. The lowest BCUT2D eigenvalue weighted by atomic mass is 9.80. The maximum absolute atomic E-state index is 12.0. The molecule has 0 saturated carbocycles. The van der Waals surface area contributed by atoms with Crippen molar-refractivity contribution in [3.05, 3.63) is 77.9 Å². The fourth-order valence-corrected chi connectivity index (χ4v) is 4.19. The van der Waals surface area contributed by atoms with Crippen LogP contribution in [0.2, 0.25) is 0 Å².